The van der Waals surface area contributed by atoms with Gasteiger partial charge in [0.15, 0.2) is 11.5 Å². The molecule has 0 unspecified atom stereocenters. The highest BCUT2D eigenvalue weighted by Crippen LogP contribution is 2.39. The van der Waals surface area contributed by atoms with Gasteiger partial charge in [-0.25, -0.2) is 0 Å². The van der Waals surface area contributed by atoms with Crippen LogP contribution >= 0.6 is 31.9 Å². The SMILES string of the molecule is CCCCc1ccc(N=Cc2c(O)c(OC)cc(Br)c2Br)c(C)c1. The number of halogens is 2. The molecule has 0 saturated heterocycles. The van der Waals surface area contributed by atoms with Gasteiger partial charge in [-0.2, -0.15) is 0 Å². The van der Waals surface area contributed by atoms with Crippen molar-refractivity contribution in [1.82, 2.24) is 0 Å². The molecule has 0 atom stereocenters. The monoisotopic (exact) mass is 453 g/mol. The van der Waals surface area contributed by atoms with Crippen LogP contribution in [-0.2, 0) is 6.42 Å². The normalized spacial score (nSPS) is 11.2. The van der Waals surface area contributed by atoms with E-state index >= 15 is 0 Å². The van der Waals surface area contributed by atoms with Crippen molar-refractivity contribution in [3.63, 3.8) is 0 Å². The van der Waals surface area contributed by atoms with Crippen molar-refractivity contribution in [2.45, 2.75) is 33.1 Å². The minimum Gasteiger partial charge on any atom is -0.504 e. The third kappa shape index (κ3) is 4.39. The third-order valence-corrected chi connectivity index (χ3v) is 5.84. The van der Waals surface area contributed by atoms with Crippen molar-refractivity contribution < 1.29 is 9.84 Å². The Morgan fingerprint density at radius 2 is 2.00 bits per heavy atom. The Hall–Kier alpha value is -1.33. The van der Waals surface area contributed by atoms with Crippen LogP contribution in [0.5, 0.6) is 11.5 Å². The zero-order valence-electron chi connectivity index (χ0n) is 14.1. The van der Waals surface area contributed by atoms with E-state index < -0.39 is 0 Å². The molecule has 0 radical (unpaired) electrons. The van der Waals surface area contributed by atoms with E-state index in [1.807, 2.05) is 6.07 Å². The average molecular weight is 455 g/mol. The average Bonchev–Trinajstić information content (AvgIpc) is 2.57. The first-order chi connectivity index (χ1) is 11.5. The molecule has 2 rings (SSSR count). The number of nitrogens with zero attached hydrogens (tertiary/aromatic N) is 1. The molecule has 0 heterocycles. The quantitative estimate of drug-likeness (QED) is 0.518. The fraction of sp³-hybridized carbons (Fsp3) is 0.316. The highest BCUT2D eigenvalue weighted by Gasteiger charge is 2.14. The van der Waals surface area contributed by atoms with Gasteiger partial charge in [0.05, 0.1) is 18.4 Å². The molecule has 2 aromatic carbocycles. The van der Waals surface area contributed by atoms with Crippen LogP contribution in [0, 0.1) is 6.92 Å². The number of benzene rings is 2. The summed E-state index contributed by atoms with van der Waals surface area (Å²) >= 11 is 6.92. The first-order valence-electron chi connectivity index (χ1n) is 7.86. The molecule has 24 heavy (non-hydrogen) atoms. The van der Waals surface area contributed by atoms with E-state index in [-0.39, 0.29) is 5.75 Å². The van der Waals surface area contributed by atoms with Crippen molar-refractivity contribution in [3.8, 4) is 11.5 Å². The zero-order valence-corrected chi connectivity index (χ0v) is 17.2. The number of hydrogen-bond acceptors (Lipinski definition) is 3. The Morgan fingerprint density at radius 1 is 1.25 bits per heavy atom. The number of aliphatic imine (C=N–C) groups is 1. The van der Waals surface area contributed by atoms with Crippen molar-refractivity contribution in [2.75, 3.05) is 7.11 Å². The van der Waals surface area contributed by atoms with E-state index in [1.165, 1.54) is 25.5 Å². The molecule has 0 aliphatic heterocycles. The van der Waals surface area contributed by atoms with Crippen LogP contribution in [0.1, 0.15) is 36.5 Å². The minimum absolute atomic E-state index is 0.0635. The van der Waals surface area contributed by atoms with E-state index in [0.717, 1.165) is 26.6 Å². The zero-order chi connectivity index (χ0) is 17.7. The lowest BCUT2D eigenvalue weighted by Gasteiger charge is -2.10. The second-order valence-electron chi connectivity index (χ2n) is 5.62. The number of hydrogen-bond donors (Lipinski definition) is 1. The second kappa shape index (κ2) is 8.67. The molecule has 2 aromatic rings. The van der Waals surface area contributed by atoms with Gasteiger partial charge in [-0.05, 0) is 74.9 Å². The number of aromatic hydroxyl groups is 1. The Balaban J connectivity index is 2.33. The number of unbranched alkanes of at least 4 members (excludes halogenated alkanes) is 1. The number of ether oxygens (including phenoxy) is 1. The molecule has 0 saturated carbocycles. The minimum atomic E-state index is 0.0635. The Labute approximate surface area is 160 Å². The van der Waals surface area contributed by atoms with E-state index in [0.29, 0.717) is 11.3 Å². The molecule has 0 aliphatic carbocycles. The molecule has 0 aliphatic rings. The van der Waals surface area contributed by atoms with Gasteiger partial charge >= 0.3 is 0 Å². The molecular formula is C19H21Br2NO2. The van der Waals surface area contributed by atoms with E-state index in [1.54, 1.807) is 12.3 Å². The maximum absolute atomic E-state index is 10.3. The summed E-state index contributed by atoms with van der Waals surface area (Å²) < 4.78 is 6.72. The molecule has 0 fully saturated rings. The van der Waals surface area contributed by atoms with Gasteiger partial charge in [-0.3, -0.25) is 4.99 Å². The second-order valence-corrected chi connectivity index (χ2v) is 7.27. The van der Waals surface area contributed by atoms with E-state index in [2.05, 4.69) is 62.8 Å². The fourth-order valence-electron chi connectivity index (χ4n) is 2.42. The summed E-state index contributed by atoms with van der Waals surface area (Å²) in [5.41, 5.74) is 3.93. The van der Waals surface area contributed by atoms with Gasteiger partial charge in [0, 0.05) is 15.2 Å². The van der Waals surface area contributed by atoms with E-state index in [4.69, 9.17) is 4.74 Å². The summed E-state index contributed by atoms with van der Waals surface area (Å²) in [6.07, 6.45) is 5.13. The smallest absolute Gasteiger partial charge is 0.167 e. The van der Waals surface area contributed by atoms with Gasteiger partial charge in [-0.15, -0.1) is 0 Å². The topological polar surface area (TPSA) is 41.8 Å². The van der Waals surface area contributed by atoms with Crippen LogP contribution in [0.2, 0.25) is 0 Å². The van der Waals surface area contributed by atoms with Gasteiger partial charge < -0.3 is 9.84 Å². The summed E-state index contributed by atoms with van der Waals surface area (Å²) in [6, 6.07) is 8.03. The van der Waals surface area contributed by atoms with Gasteiger partial charge in [-0.1, -0.05) is 25.5 Å². The lowest BCUT2D eigenvalue weighted by atomic mass is 10.0. The molecule has 5 heteroatoms. The van der Waals surface area contributed by atoms with Crippen molar-refractivity contribution in [2.24, 2.45) is 4.99 Å². The Bertz CT molecular complexity index is 758. The van der Waals surface area contributed by atoms with Gasteiger partial charge in [0.1, 0.15) is 0 Å². The standard InChI is InChI=1S/C19H21Br2NO2/c1-4-5-6-13-7-8-16(12(2)9-13)22-11-14-18(21)15(20)10-17(24-3)19(14)23/h7-11,23H,4-6H2,1-3H3. The van der Waals surface area contributed by atoms with Crippen molar-refractivity contribution in [1.29, 1.82) is 0 Å². The molecule has 0 spiro atoms. The number of phenolic OH excluding ortho intramolecular Hbond substituents is 1. The maximum Gasteiger partial charge on any atom is 0.167 e. The van der Waals surface area contributed by atoms with Crippen LogP contribution in [0.25, 0.3) is 0 Å². The van der Waals surface area contributed by atoms with E-state index in [9.17, 15) is 5.11 Å². The lowest BCUT2D eigenvalue weighted by Crippen LogP contribution is -1.92. The molecule has 1 N–H and O–H groups in total. The maximum atomic E-state index is 10.3. The predicted octanol–water partition coefficient (Wildman–Crippen LogP) is 6.33. The Kier molecular flexibility index (Phi) is 6.87. The van der Waals surface area contributed by atoms with Crippen molar-refractivity contribution >= 4 is 43.8 Å². The van der Waals surface area contributed by atoms with Gasteiger partial charge in [0.25, 0.3) is 0 Å². The molecule has 128 valence electrons. The molecule has 0 aromatic heterocycles. The number of phenols is 1. The summed E-state index contributed by atoms with van der Waals surface area (Å²) in [5.74, 6) is 0.465. The summed E-state index contributed by atoms with van der Waals surface area (Å²) in [6.45, 7) is 4.25. The van der Waals surface area contributed by atoms with Crippen LogP contribution in [0.4, 0.5) is 5.69 Å². The first kappa shape index (κ1) is 19.0. The first-order valence-corrected chi connectivity index (χ1v) is 9.45. The molecule has 3 nitrogen and oxygen atoms in total. The van der Waals surface area contributed by atoms with Gasteiger partial charge in [0.2, 0.25) is 0 Å². The summed E-state index contributed by atoms with van der Waals surface area (Å²) in [5, 5.41) is 10.3. The highest BCUT2D eigenvalue weighted by atomic mass is 79.9. The summed E-state index contributed by atoms with van der Waals surface area (Å²) in [7, 11) is 1.52. The number of rotatable bonds is 6. The number of methoxy groups -OCH3 is 1. The third-order valence-electron chi connectivity index (χ3n) is 3.83. The largest absolute Gasteiger partial charge is 0.504 e. The highest BCUT2D eigenvalue weighted by molar-refractivity contribution is 9.13. The molecule has 0 bridgehead atoms. The summed E-state index contributed by atoms with van der Waals surface area (Å²) in [4.78, 5) is 4.54. The molecular weight excluding hydrogens is 434 g/mol. The lowest BCUT2D eigenvalue weighted by molar-refractivity contribution is 0.372. The Morgan fingerprint density at radius 3 is 2.62 bits per heavy atom. The fourth-order valence-corrected chi connectivity index (χ4v) is 3.24. The molecule has 0 amide bonds. The van der Waals surface area contributed by atoms with Crippen LogP contribution in [0.3, 0.4) is 0 Å². The van der Waals surface area contributed by atoms with Crippen LogP contribution < -0.4 is 4.74 Å². The van der Waals surface area contributed by atoms with Crippen molar-refractivity contribution in [3.05, 3.63) is 49.9 Å². The number of aryl methyl sites for hydroxylation is 2. The predicted molar refractivity (Wildman–Crippen MR) is 107 cm³/mol. The van der Waals surface area contributed by atoms with Crippen LogP contribution in [-0.4, -0.2) is 18.4 Å². The van der Waals surface area contributed by atoms with Crippen LogP contribution in [0.15, 0.2) is 38.2 Å².